The Kier molecular flexibility index (Phi) is 6.96. The molecule has 0 fully saturated rings. The topological polar surface area (TPSA) is 69.1 Å². The summed E-state index contributed by atoms with van der Waals surface area (Å²) in [6.45, 7) is 6.79. The van der Waals surface area contributed by atoms with E-state index >= 15 is 0 Å². The van der Waals surface area contributed by atoms with Gasteiger partial charge < -0.3 is 14.9 Å². The highest BCUT2D eigenvalue weighted by atomic mass is 16.3. The van der Waals surface area contributed by atoms with Crippen molar-refractivity contribution in [1.82, 2.24) is 0 Å². The normalized spacial score (nSPS) is 17.0. The number of fused-ring (bicyclic) bond motifs is 2. The van der Waals surface area contributed by atoms with Crippen molar-refractivity contribution >= 4 is 17.3 Å². The van der Waals surface area contributed by atoms with Crippen molar-refractivity contribution in [2.24, 2.45) is 4.99 Å². The molecule has 0 unspecified atom stereocenters. The molecule has 4 rings (SSSR count). The average molecular weight is 457 g/mol. The minimum Gasteiger partial charge on any atom is -0.872 e. The molecule has 0 bridgehead atoms. The maximum absolute atomic E-state index is 13.5. The van der Waals surface area contributed by atoms with Gasteiger partial charge in [-0.15, -0.1) is 0 Å². The number of nitrogens with zero attached hydrogens (tertiary/aromatic N) is 2. The third-order valence-electron chi connectivity index (χ3n) is 6.27. The number of Topliss-reactive ketones (excluding diaryl/α,β-unsaturated/α-hetero) is 1. The Bertz CT molecular complexity index is 1200. The van der Waals surface area contributed by atoms with Crippen molar-refractivity contribution in [3.05, 3.63) is 100 Å². The van der Waals surface area contributed by atoms with Crippen LogP contribution in [0.1, 0.15) is 41.8 Å². The summed E-state index contributed by atoms with van der Waals surface area (Å²) in [7, 11) is 4.49. The van der Waals surface area contributed by atoms with E-state index < -0.39 is 0 Å². The van der Waals surface area contributed by atoms with Crippen LogP contribution in [0.5, 0.6) is 0 Å². The van der Waals surface area contributed by atoms with Gasteiger partial charge >= 0.3 is 0 Å². The van der Waals surface area contributed by atoms with Crippen molar-refractivity contribution < 1.29 is 19.7 Å². The van der Waals surface area contributed by atoms with Crippen molar-refractivity contribution in [2.75, 3.05) is 27.2 Å². The van der Waals surface area contributed by atoms with Crippen LogP contribution in [-0.2, 0) is 6.54 Å². The first-order valence-electron chi connectivity index (χ1n) is 12.0. The van der Waals surface area contributed by atoms with Gasteiger partial charge in [0.15, 0.2) is 5.78 Å². The summed E-state index contributed by atoms with van der Waals surface area (Å²) in [4.78, 5) is 18.1. The van der Waals surface area contributed by atoms with Gasteiger partial charge in [-0.1, -0.05) is 60.4 Å². The van der Waals surface area contributed by atoms with Gasteiger partial charge in [0, 0.05) is 35.2 Å². The molecule has 2 aromatic carbocycles. The fraction of sp³-hybridized carbons (Fsp3) is 0.310. The van der Waals surface area contributed by atoms with E-state index in [0.29, 0.717) is 28.0 Å². The standard InChI is InChI=1S/C29H33N3O2/c1-20(2)31-25-16-15-24(26-27(25)29(34)23-14-9-8-13-22(23)28(26)33)30-17-10-18-32(3,4)19-21-11-6-5-7-12-21/h5-9,11-16,20H,10,17-19H2,1-4H3,(H-,30,31,33,34)/p+1. The van der Waals surface area contributed by atoms with Crippen LogP contribution in [0.3, 0.4) is 0 Å². The third-order valence-corrected chi connectivity index (χ3v) is 6.27. The Morgan fingerprint density at radius 3 is 2.32 bits per heavy atom. The van der Waals surface area contributed by atoms with Gasteiger partial charge in [-0.05, 0) is 25.5 Å². The molecule has 2 aliphatic carbocycles. The summed E-state index contributed by atoms with van der Waals surface area (Å²) < 4.78 is 0.896. The molecule has 0 heterocycles. The number of hydrogen-bond acceptors (Lipinski definition) is 3. The largest absolute Gasteiger partial charge is 0.872 e. The summed E-state index contributed by atoms with van der Waals surface area (Å²) in [6, 6.07) is 17.7. The van der Waals surface area contributed by atoms with Crippen LogP contribution in [0, 0.1) is 0 Å². The van der Waals surface area contributed by atoms with E-state index in [1.807, 2.05) is 38.1 Å². The van der Waals surface area contributed by atoms with Gasteiger partial charge in [0.05, 0.1) is 38.5 Å². The Labute approximate surface area is 202 Å². The Balaban J connectivity index is 1.54. The molecule has 5 heteroatoms. The van der Waals surface area contributed by atoms with Gasteiger partial charge in [0.25, 0.3) is 0 Å². The fourth-order valence-corrected chi connectivity index (χ4v) is 4.72. The van der Waals surface area contributed by atoms with Gasteiger partial charge in [-0.2, -0.15) is 0 Å². The van der Waals surface area contributed by atoms with E-state index in [9.17, 15) is 9.90 Å². The molecule has 2 aliphatic rings. The molecular formula is C29H34N3O2+. The highest BCUT2D eigenvalue weighted by Crippen LogP contribution is 2.35. The molecule has 0 atom stereocenters. The zero-order valence-electron chi connectivity index (χ0n) is 20.5. The second kappa shape index (κ2) is 9.92. The molecule has 0 saturated carbocycles. The zero-order valence-corrected chi connectivity index (χ0v) is 20.5. The zero-order chi connectivity index (χ0) is 24.3. The number of allylic oxidation sites excluding steroid dienone is 4. The van der Waals surface area contributed by atoms with E-state index in [2.05, 4.69) is 48.7 Å². The lowest BCUT2D eigenvalue weighted by Gasteiger charge is -2.31. The Morgan fingerprint density at radius 1 is 0.941 bits per heavy atom. The molecule has 0 aliphatic heterocycles. The second-order valence-corrected chi connectivity index (χ2v) is 10.00. The highest BCUT2D eigenvalue weighted by molar-refractivity contribution is 6.30. The molecule has 0 amide bonds. The fourth-order valence-electron chi connectivity index (χ4n) is 4.72. The number of carbonyl (C=O) groups excluding carboxylic acids is 1. The quantitative estimate of drug-likeness (QED) is 0.490. The van der Waals surface area contributed by atoms with E-state index in [4.69, 9.17) is 0 Å². The molecule has 34 heavy (non-hydrogen) atoms. The molecule has 0 radical (unpaired) electrons. The molecule has 176 valence electrons. The smallest absolute Gasteiger partial charge is 0.200 e. The van der Waals surface area contributed by atoms with E-state index in [1.165, 1.54) is 5.56 Å². The molecule has 0 aromatic heterocycles. The molecule has 0 spiro atoms. The lowest BCUT2D eigenvalue weighted by molar-refractivity contribution is -0.904. The van der Waals surface area contributed by atoms with Crippen LogP contribution >= 0.6 is 0 Å². The number of quaternary nitrogens is 2. The first-order valence-corrected chi connectivity index (χ1v) is 12.0. The first kappa shape index (κ1) is 23.9. The molecule has 2 aromatic rings. The maximum Gasteiger partial charge on any atom is 0.200 e. The van der Waals surface area contributed by atoms with Gasteiger partial charge in [-0.3, -0.25) is 9.79 Å². The van der Waals surface area contributed by atoms with Crippen LogP contribution in [0.2, 0.25) is 0 Å². The summed E-state index contributed by atoms with van der Waals surface area (Å²) in [6.07, 6.45) is 4.83. The number of rotatable bonds is 8. The van der Waals surface area contributed by atoms with Crippen molar-refractivity contribution in [1.29, 1.82) is 0 Å². The Morgan fingerprint density at radius 2 is 1.62 bits per heavy atom. The third kappa shape index (κ3) is 5.11. The number of carbonyl (C=O) groups is 1. The van der Waals surface area contributed by atoms with Crippen LogP contribution in [-0.4, -0.2) is 49.2 Å². The molecule has 2 N–H and O–H groups in total. The van der Waals surface area contributed by atoms with E-state index in [-0.39, 0.29) is 17.6 Å². The number of hydrogen-bond donors (Lipinski definition) is 1. The maximum atomic E-state index is 13.5. The highest BCUT2D eigenvalue weighted by Gasteiger charge is 2.33. The Hall–Kier alpha value is -3.28. The lowest BCUT2D eigenvalue weighted by Crippen LogP contribution is -2.83. The molecule has 0 saturated heterocycles. The summed E-state index contributed by atoms with van der Waals surface area (Å²) in [5.41, 5.74) is 4.68. The summed E-state index contributed by atoms with van der Waals surface area (Å²) in [5.74, 6) is -0.196. The van der Waals surface area contributed by atoms with E-state index in [0.717, 1.165) is 36.2 Å². The SMILES string of the molecule is CC(C)N=C1C=CC([NH2+]CCC[N+](C)(C)Cc2ccccc2)=C2C(=O)c3ccccc3C([O-])=C12. The number of benzene rings is 2. The van der Waals surface area contributed by atoms with Crippen LogP contribution in [0.4, 0.5) is 0 Å². The minimum absolute atomic E-state index is 0.0311. The summed E-state index contributed by atoms with van der Waals surface area (Å²) >= 11 is 0. The van der Waals surface area contributed by atoms with Gasteiger partial charge in [-0.25, -0.2) is 0 Å². The average Bonchev–Trinajstić information content (AvgIpc) is 2.81. The van der Waals surface area contributed by atoms with E-state index in [1.54, 1.807) is 18.2 Å². The van der Waals surface area contributed by atoms with Gasteiger partial charge in [0.2, 0.25) is 0 Å². The van der Waals surface area contributed by atoms with Crippen molar-refractivity contribution in [2.45, 2.75) is 32.9 Å². The van der Waals surface area contributed by atoms with Gasteiger partial charge in [0.1, 0.15) is 12.2 Å². The van der Waals surface area contributed by atoms with Crippen molar-refractivity contribution in [3.63, 3.8) is 0 Å². The lowest BCUT2D eigenvalue weighted by atomic mass is 9.80. The number of ketones is 1. The van der Waals surface area contributed by atoms with Crippen LogP contribution < -0.4 is 10.4 Å². The van der Waals surface area contributed by atoms with Crippen LogP contribution in [0.15, 0.2) is 88.6 Å². The predicted molar refractivity (Wildman–Crippen MR) is 135 cm³/mol. The summed E-state index contributed by atoms with van der Waals surface area (Å²) in [5, 5.41) is 15.5. The first-order chi connectivity index (χ1) is 16.3. The predicted octanol–water partition coefficient (Wildman–Crippen LogP) is 2.86. The molecular weight excluding hydrogens is 422 g/mol. The molecule has 5 nitrogen and oxygen atoms in total. The number of nitrogens with two attached hydrogens (primary N) is 1. The number of aliphatic imine (C=N–C) groups is 1. The monoisotopic (exact) mass is 456 g/mol. The second-order valence-electron chi connectivity index (χ2n) is 10.00. The van der Waals surface area contributed by atoms with Crippen molar-refractivity contribution in [3.8, 4) is 0 Å². The van der Waals surface area contributed by atoms with Crippen LogP contribution in [0.25, 0.3) is 5.76 Å². The minimum atomic E-state index is -0.111.